The molecule has 2 N–H and O–H groups in total. The largest absolute Gasteiger partial charge is 0.395 e. The fourth-order valence-corrected chi connectivity index (χ4v) is 1.77. The third kappa shape index (κ3) is 3.19. The van der Waals surface area contributed by atoms with Crippen molar-refractivity contribution in [3.05, 3.63) is 42.2 Å². The van der Waals surface area contributed by atoms with Gasteiger partial charge in [0, 0.05) is 13.1 Å². The Labute approximate surface area is 116 Å². The van der Waals surface area contributed by atoms with Crippen molar-refractivity contribution in [3.63, 3.8) is 0 Å². The molecule has 0 aliphatic heterocycles. The van der Waals surface area contributed by atoms with Crippen LogP contribution in [0.25, 0.3) is 5.69 Å². The molecule has 1 heterocycles. The molecule has 0 aliphatic rings. The third-order valence-electron chi connectivity index (χ3n) is 2.73. The number of nitrogens with zero attached hydrogens (tertiary/aromatic N) is 4. The monoisotopic (exact) mass is 276 g/mol. The minimum atomic E-state index is -0.365. The number of carbonyl (C=O) groups excluding carboxylic acids is 1. The summed E-state index contributed by atoms with van der Waals surface area (Å²) in [5, 5.41) is 26.0. The quantitative estimate of drug-likeness (QED) is 0.755. The van der Waals surface area contributed by atoms with Crippen molar-refractivity contribution in [1.29, 1.82) is 0 Å². The molecule has 7 heteroatoms. The molecule has 0 saturated heterocycles. The summed E-state index contributed by atoms with van der Waals surface area (Å²) < 4.78 is 0. The summed E-state index contributed by atoms with van der Waals surface area (Å²) in [7, 11) is 0. The van der Waals surface area contributed by atoms with Crippen LogP contribution in [0.5, 0.6) is 0 Å². The van der Waals surface area contributed by atoms with Crippen molar-refractivity contribution in [2.24, 2.45) is 0 Å². The highest BCUT2D eigenvalue weighted by molar-refractivity contribution is 5.91. The van der Waals surface area contributed by atoms with Crippen LogP contribution in [0, 0.1) is 0 Å². The van der Waals surface area contributed by atoms with E-state index in [1.807, 2.05) is 30.3 Å². The summed E-state index contributed by atoms with van der Waals surface area (Å²) in [6, 6.07) is 9.23. The third-order valence-corrected chi connectivity index (χ3v) is 2.73. The van der Waals surface area contributed by atoms with Gasteiger partial charge in [0.25, 0.3) is 5.91 Å². The zero-order chi connectivity index (χ0) is 14.4. The number of carbonyl (C=O) groups is 1. The molecule has 2 rings (SSSR count). The maximum atomic E-state index is 12.2. The molecule has 0 aliphatic carbocycles. The Morgan fingerprint density at radius 1 is 1.15 bits per heavy atom. The second-order valence-electron chi connectivity index (χ2n) is 4.09. The van der Waals surface area contributed by atoms with Gasteiger partial charge >= 0.3 is 0 Å². The van der Waals surface area contributed by atoms with E-state index in [2.05, 4.69) is 10.2 Å². The number of aliphatic hydroxyl groups excluding tert-OH is 2. The molecule has 1 amide bonds. The summed E-state index contributed by atoms with van der Waals surface area (Å²) in [5.41, 5.74) is 0.929. The summed E-state index contributed by atoms with van der Waals surface area (Å²) in [5.74, 6) is -0.365. The van der Waals surface area contributed by atoms with Crippen LogP contribution in [0.1, 0.15) is 10.5 Å². The van der Waals surface area contributed by atoms with Gasteiger partial charge in [-0.1, -0.05) is 18.2 Å². The van der Waals surface area contributed by atoms with Crippen molar-refractivity contribution >= 4 is 5.91 Å². The first-order valence-electron chi connectivity index (χ1n) is 6.25. The SMILES string of the molecule is O=C(c1cnn(-c2ccccc2)n1)N(CCO)CCO. The van der Waals surface area contributed by atoms with Gasteiger partial charge in [0.15, 0.2) is 5.69 Å². The fraction of sp³-hybridized carbons (Fsp3) is 0.308. The zero-order valence-electron chi connectivity index (χ0n) is 10.9. The van der Waals surface area contributed by atoms with Crippen molar-refractivity contribution in [2.45, 2.75) is 0 Å². The first-order chi connectivity index (χ1) is 9.76. The van der Waals surface area contributed by atoms with Crippen LogP contribution in [0.15, 0.2) is 36.5 Å². The van der Waals surface area contributed by atoms with Gasteiger partial charge in [-0.25, -0.2) is 0 Å². The molecule has 2 aromatic rings. The maximum absolute atomic E-state index is 12.2. The first kappa shape index (κ1) is 14.2. The lowest BCUT2D eigenvalue weighted by Crippen LogP contribution is -2.36. The van der Waals surface area contributed by atoms with E-state index in [-0.39, 0.29) is 37.9 Å². The Hall–Kier alpha value is -2.25. The Morgan fingerprint density at radius 2 is 1.80 bits per heavy atom. The molecular formula is C13H16N4O3. The van der Waals surface area contributed by atoms with Crippen molar-refractivity contribution in [1.82, 2.24) is 19.9 Å². The van der Waals surface area contributed by atoms with Gasteiger partial charge in [-0.3, -0.25) is 4.79 Å². The van der Waals surface area contributed by atoms with Crippen LogP contribution in [0.4, 0.5) is 0 Å². The Balaban J connectivity index is 2.17. The summed E-state index contributed by atoms with van der Waals surface area (Å²) in [4.78, 5) is 14.9. The normalized spacial score (nSPS) is 10.5. The minimum Gasteiger partial charge on any atom is -0.395 e. The topological polar surface area (TPSA) is 91.5 Å². The molecule has 0 unspecified atom stereocenters. The van der Waals surface area contributed by atoms with Crippen LogP contribution >= 0.6 is 0 Å². The van der Waals surface area contributed by atoms with Crippen molar-refractivity contribution in [2.75, 3.05) is 26.3 Å². The lowest BCUT2D eigenvalue weighted by molar-refractivity contribution is 0.0678. The number of amides is 1. The van der Waals surface area contributed by atoms with Gasteiger partial charge in [-0.2, -0.15) is 9.90 Å². The average molecular weight is 276 g/mol. The first-order valence-corrected chi connectivity index (χ1v) is 6.25. The van der Waals surface area contributed by atoms with E-state index in [1.54, 1.807) is 0 Å². The van der Waals surface area contributed by atoms with E-state index in [4.69, 9.17) is 10.2 Å². The van der Waals surface area contributed by atoms with Gasteiger partial charge in [0.2, 0.25) is 0 Å². The number of para-hydroxylation sites is 1. The second-order valence-corrected chi connectivity index (χ2v) is 4.09. The Kier molecular flexibility index (Phi) is 4.80. The molecule has 0 bridgehead atoms. The molecule has 0 atom stereocenters. The molecular weight excluding hydrogens is 260 g/mol. The van der Waals surface area contributed by atoms with E-state index in [1.165, 1.54) is 15.9 Å². The number of hydrogen-bond acceptors (Lipinski definition) is 5. The molecule has 20 heavy (non-hydrogen) atoms. The number of aromatic nitrogens is 3. The molecule has 7 nitrogen and oxygen atoms in total. The van der Waals surface area contributed by atoms with Gasteiger partial charge in [0.1, 0.15) is 0 Å². The standard InChI is InChI=1S/C13H16N4O3/c18-8-6-16(7-9-19)13(20)12-10-14-17(15-12)11-4-2-1-3-5-11/h1-5,10,18-19H,6-9H2. The predicted octanol–water partition coefficient (Wildman–Crippen LogP) is -0.306. The van der Waals surface area contributed by atoms with E-state index < -0.39 is 0 Å². The number of rotatable bonds is 6. The number of benzene rings is 1. The lowest BCUT2D eigenvalue weighted by atomic mass is 10.3. The van der Waals surface area contributed by atoms with Gasteiger partial charge < -0.3 is 15.1 Å². The van der Waals surface area contributed by atoms with Crippen LogP contribution in [-0.2, 0) is 0 Å². The molecule has 0 saturated carbocycles. The molecule has 0 fully saturated rings. The summed E-state index contributed by atoms with van der Waals surface area (Å²) in [6.45, 7) is -0.0354. The number of aliphatic hydroxyl groups is 2. The van der Waals surface area contributed by atoms with Gasteiger partial charge in [-0.05, 0) is 12.1 Å². The van der Waals surface area contributed by atoms with Crippen molar-refractivity contribution < 1.29 is 15.0 Å². The van der Waals surface area contributed by atoms with E-state index in [0.29, 0.717) is 0 Å². The Bertz CT molecular complexity index is 550. The van der Waals surface area contributed by atoms with Crippen LogP contribution in [0.2, 0.25) is 0 Å². The van der Waals surface area contributed by atoms with E-state index >= 15 is 0 Å². The molecule has 1 aromatic heterocycles. The number of hydrogen-bond donors (Lipinski definition) is 2. The van der Waals surface area contributed by atoms with Crippen LogP contribution in [0.3, 0.4) is 0 Å². The summed E-state index contributed by atoms with van der Waals surface area (Å²) in [6.07, 6.45) is 1.37. The fourth-order valence-electron chi connectivity index (χ4n) is 1.77. The smallest absolute Gasteiger partial charge is 0.276 e. The molecule has 1 aromatic carbocycles. The molecule has 106 valence electrons. The minimum absolute atomic E-state index is 0.150. The van der Waals surface area contributed by atoms with Crippen LogP contribution in [-0.4, -0.2) is 62.3 Å². The average Bonchev–Trinajstić information content (AvgIpc) is 2.97. The highest BCUT2D eigenvalue weighted by Gasteiger charge is 2.18. The molecule has 0 spiro atoms. The highest BCUT2D eigenvalue weighted by Crippen LogP contribution is 2.06. The maximum Gasteiger partial charge on any atom is 0.276 e. The second kappa shape index (κ2) is 6.78. The van der Waals surface area contributed by atoms with Gasteiger partial charge in [-0.15, -0.1) is 5.10 Å². The van der Waals surface area contributed by atoms with Gasteiger partial charge in [0.05, 0.1) is 25.1 Å². The molecule has 0 radical (unpaired) electrons. The van der Waals surface area contributed by atoms with E-state index in [9.17, 15) is 4.79 Å². The zero-order valence-corrected chi connectivity index (χ0v) is 10.9. The van der Waals surface area contributed by atoms with Crippen molar-refractivity contribution in [3.8, 4) is 5.69 Å². The predicted molar refractivity (Wildman–Crippen MR) is 71.4 cm³/mol. The summed E-state index contributed by atoms with van der Waals surface area (Å²) >= 11 is 0. The van der Waals surface area contributed by atoms with E-state index in [0.717, 1.165) is 5.69 Å². The highest BCUT2D eigenvalue weighted by atomic mass is 16.3. The Morgan fingerprint density at radius 3 is 2.40 bits per heavy atom. The lowest BCUT2D eigenvalue weighted by Gasteiger charge is -2.18. The van der Waals surface area contributed by atoms with Crippen LogP contribution < -0.4 is 0 Å².